The van der Waals surface area contributed by atoms with Crippen LogP contribution in [0.3, 0.4) is 0 Å². The van der Waals surface area contributed by atoms with Gasteiger partial charge in [0.1, 0.15) is 11.3 Å². The standard InChI is InChI=1S/C13H15N5OS/c19-13(17-12-2-6-16-20-12)18-7-3-10(4-8-18)11-1-5-14-9-15-11/h1-2,5-6,9-10H,3-4,7-8H2,(H,17,19). The maximum absolute atomic E-state index is 12.1. The molecule has 1 aliphatic heterocycles. The van der Waals surface area contributed by atoms with Crippen LogP contribution in [0.1, 0.15) is 24.5 Å². The van der Waals surface area contributed by atoms with E-state index in [1.165, 1.54) is 11.5 Å². The number of nitrogens with zero attached hydrogens (tertiary/aromatic N) is 4. The summed E-state index contributed by atoms with van der Waals surface area (Å²) in [6, 6.07) is 3.71. The highest BCUT2D eigenvalue weighted by Crippen LogP contribution is 2.26. The number of hydrogen-bond donors (Lipinski definition) is 1. The molecule has 1 saturated heterocycles. The lowest BCUT2D eigenvalue weighted by atomic mass is 9.93. The SMILES string of the molecule is O=C(Nc1ccns1)N1CCC(c2ccncn2)CC1. The van der Waals surface area contributed by atoms with Gasteiger partial charge in [-0.2, -0.15) is 4.37 Å². The molecule has 0 radical (unpaired) electrons. The lowest BCUT2D eigenvalue weighted by Crippen LogP contribution is -2.40. The van der Waals surface area contributed by atoms with Crippen molar-refractivity contribution in [2.75, 3.05) is 18.4 Å². The number of anilines is 1. The fourth-order valence-corrected chi connectivity index (χ4v) is 2.88. The van der Waals surface area contributed by atoms with Crippen molar-refractivity contribution in [3.63, 3.8) is 0 Å². The molecule has 2 amide bonds. The van der Waals surface area contributed by atoms with Crippen LogP contribution in [0.5, 0.6) is 0 Å². The van der Waals surface area contributed by atoms with Gasteiger partial charge in [-0.3, -0.25) is 5.32 Å². The lowest BCUT2D eigenvalue weighted by molar-refractivity contribution is 0.194. The minimum Gasteiger partial charge on any atom is -0.324 e. The van der Waals surface area contributed by atoms with Crippen LogP contribution in [0.25, 0.3) is 0 Å². The van der Waals surface area contributed by atoms with E-state index in [9.17, 15) is 4.79 Å². The third-order valence-corrected chi connectivity index (χ3v) is 4.14. The Balaban J connectivity index is 1.54. The molecule has 1 N–H and O–H groups in total. The Morgan fingerprint density at radius 1 is 1.30 bits per heavy atom. The van der Waals surface area contributed by atoms with Crippen LogP contribution in [0.2, 0.25) is 0 Å². The van der Waals surface area contributed by atoms with E-state index in [1.807, 2.05) is 11.0 Å². The molecule has 2 aromatic rings. The summed E-state index contributed by atoms with van der Waals surface area (Å²) >= 11 is 1.29. The molecule has 1 aliphatic rings. The molecule has 0 aromatic carbocycles. The molecule has 20 heavy (non-hydrogen) atoms. The van der Waals surface area contributed by atoms with E-state index in [1.54, 1.807) is 24.8 Å². The molecule has 0 atom stereocenters. The molecule has 0 bridgehead atoms. The second-order valence-corrected chi connectivity index (χ2v) is 5.54. The monoisotopic (exact) mass is 289 g/mol. The molecular formula is C13H15N5OS. The third-order valence-electron chi connectivity index (χ3n) is 3.47. The van der Waals surface area contributed by atoms with Gasteiger partial charge in [0.25, 0.3) is 0 Å². The van der Waals surface area contributed by atoms with Crippen molar-refractivity contribution >= 4 is 22.6 Å². The largest absolute Gasteiger partial charge is 0.324 e. The maximum atomic E-state index is 12.1. The van der Waals surface area contributed by atoms with Gasteiger partial charge in [0.2, 0.25) is 0 Å². The zero-order valence-electron chi connectivity index (χ0n) is 10.9. The van der Waals surface area contributed by atoms with Crippen LogP contribution in [-0.2, 0) is 0 Å². The number of urea groups is 1. The summed E-state index contributed by atoms with van der Waals surface area (Å²) in [4.78, 5) is 22.2. The summed E-state index contributed by atoms with van der Waals surface area (Å²) in [5.74, 6) is 0.422. The summed E-state index contributed by atoms with van der Waals surface area (Å²) in [6.07, 6.45) is 6.91. The van der Waals surface area contributed by atoms with E-state index in [-0.39, 0.29) is 6.03 Å². The number of rotatable bonds is 2. The molecule has 1 fully saturated rings. The second kappa shape index (κ2) is 5.96. The number of carbonyl (C=O) groups is 1. The van der Waals surface area contributed by atoms with Crippen molar-refractivity contribution in [2.24, 2.45) is 0 Å². The van der Waals surface area contributed by atoms with E-state index in [0.29, 0.717) is 5.92 Å². The number of carbonyl (C=O) groups excluding carboxylic acids is 1. The van der Waals surface area contributed by atoms with Gasteiger partial charge in [-0.15, -0.1) is 0 Å². The quantitative estimate of drug-likeness (QED) is 0.921. The highest BCUT2D eigenvalue weighted by Gasteiger charge is 2.24. The first-order chi connectivity index (χ1) is 9.83. The lowest BCUT2D eigenvalue weighted by Gasteiger charge is -2.31. The molecule has 0 saturated carbocycles. The molecule has 2 aromatic heterocycles. The van der Waals surface area contributed by atoms with Gasteiger partial charge in [0, 0.05) is 37.1 Å². The highest BCUT2D eigenvalue weighted by molar-refractivity contribution is 7.10. The first kappa shape index (κ1) is 13.0. The summed E-state index contributed by atoms with van der Waals surface area (Å²) in [6.45, 7) is 1.50. The van der Waals surface area contributed by atoms with Crippen molar-refractivity contribution in [3.8, 4) is 0 Å². The molecule has 104 valence electrons. The van der Waals surface area contributed by atoms with E-state index in [4.69, 9.17) is 0 Å². The van der Waals surface area contributed by atoms with E-state index < -0.39 is 0 Å². The van der Waals surface area contributed by atoms with Crippen LogP contribution in [0.15, 0.2) is 30.9 Å². The maximum Gasteiger partial charge on any atom is 0.322 e. The van der Waals surface area contributed by atoms with Gasteiger partial charge in [0.15, 0.2) is 0 Å². The Bertz CT molecular complexity index is 551. The van der Waals surface area contributed by atoms with Crippen LogP contribution in [0.4, 0.5) is 9.80 Å². The Kier molecular flexibility index (Phi) is 3.87. The first-order valence-corrected chi connectivity index (χ1v) is 7.33. The molecule has 0 spiro atoms. The van der Waals surface area contributed by atoms with Gasteiger partial charge in [-0.1, -0.05) is 0 Å². The van der Waals surface area contributed by atoms with Crippen LogP contribution in [-0.4, -0.2) is 38.4 Å². The van der Waals surface area contributed by atoms with Gasteiger partial charge in [-0.05, 0) is 36.5 Å². The smallest absolute Gasteiger partial charge is 0.322 e. The van der Waals surface area contributed by atoms with Crippen molar-refractivity contribution in [1.29, 1.82) is 0 Å². The zero-order chi connectivity index (χ0) is 13.8. The molecule has 0 aliphatic carbocycles. The number of amides is 2. The number of likely N-dealkylation sites (tertiary alicyclic amines) is 1. The van der Waals surface area contributed by atoms with Crippen molar-refractivity contribution in [2.45, 2.75) is 18.8 Å². The van der Waals surface area contributed by atoms with Crippen LogP contribution >= 0.6 is 11.5 Å². The van der Waals surface area contributed by atoms with Crippen molar-refractivity contribution < 1.29 is 4.79 Å². The van der Waals surface area contributed by atoms with Crippen molar-refractivity contribution in [1.82, 2.24) is 19.2 Å². The Labute approximate surface area is 121 Å². The van der Waals surface area contributed by atoms with E-state index in [0.717, 1.165) is 36.6 Å². The topological polar surface area (TPSA) is 71.0 Å². The molecule has 6 nitrogen and oxygen atoms in total. The summed E-state index contributed by atoms with van der Waals surface area (Å²) in [5.41, 5.74) is 1.07. The average molecular weight is 289 g/mol. The third kappa shape index (κ3) is 2.93. The minimum absolute atomic E-state index is 0.0459. The summed E-state index contributed by atoms with van der Waals surface area (Å²) in [5, 5.41) is 3.65. The predicted octanol–water partition coefficient (Wildman–Crippen LogP) is 2.34. The summed E-state index contributed by atoms with van der Waals surface area (Å²) < 4.78 is 3.97. The Hall–Kier alpha value is -2.02. The van der Waals surface area contributed by atoms with Crippen LogP contribution < -0.4 is 5.32 Å². The summed E-state index contributed by atoms with van der Waals surface area (Å²) in [7, 11) is 0. The number of piperidine rings is 1. The minimum atomic E-state index is -0.0459. The molecule has 3 heterocycles. The second-order valence-electron chi connectivity index (χ2n) is 4.70. The normalized spacial score (nSPS) is 16.1. The zero-order valence-corrected chi connectivity index (χ0v) is 11.7. The molecule has 7 heteroatoms. The molecule has 0 unspecified atom stereocenters. The van der Waals surface area contributed by atoms with Crippen molar-refractivity contribution in [3.05, 3.63) is 36.5 Å². The van der Waals surface area contributed by atoms with Gasteiger partial charge in [-0.25, -0.2) is 14.8 Å². The Morgan fingerprint density at radius 2 is 2.15 bits per heavy atom. The number of hydrogen-bond acceptors (Lipinski definition) is 5. The highest BCUT2D eigenvalue weighted by atomic mass is 32.1. The predicted molar refractivity (Wildman–Crippen MR) is 76.7 cm³/mol. The average Bonchev–Trinajstić information content (AvgIpc) is 3.01. The fourth-order valence-electron chi connectivity index (χ4n) is 2.39. The van der Waals surface area contributed by atoms with E-state index >= 15 is 0 Å². The van der Waals surface area contributed by atoms with E-state index in [2.05, 4.69) is 19.7 Å². The number of aromatic nitrogens is 3. The number of nitrogens with one attached hydrogen (secondary N) is 1. The first-order valence-electron chi connectivity index (χ1n) is 6.55. The molecule has 3 rings (SSSR count). The van der Waals surface area contributed by atoms with Gasteiger partial charge < -0.3 is 4.90 Å². The van der Waals surface area contributed by atoms with Gasteiger partial charge >= 0.3 is 6.03 Å². The molecular weight excluding hydrogens is 274 g/mol. The van der Waals surface area contributed by atoms with Gasteiger partial charge in [0.05, 0.1) is 0 Å². The Morgan fingerprint density at radius 3 is 2.80 bits per heavy atom. The van der Waals surface area contributed by atoms with Crippen LogP contribution in [0, 0.1) is 0 Å². The fraction of sp³-hybridized carbons (Fsp3) is 0.385.